The number of alkyl halides is 1. The molecule has 0 aliphatic heterocycles. The van der Waals surface area contributed by atoms with E-state index in [4.69, 9.17) is 4.74 Å². The Balaban J connectivity index is 2.26. The zero-order valence-electron chi connectivity index (χ0n) is 8.19. The van der Waals surface area contributed by atoms with Gasteiger partial charge in [0.2, 0.25) is 5.88 Å². The van der Waals surface area contributed by atoms with Gasteiger partial charge in [-0.15, -0.1) is 0 Å². The average molecular weight is 267 g/mol. The van der Waals surface area contributed by atoms with Crippen molar-refractivity contribution in [1.29, 1.82) is 0 Å². The summed E-state index contributed by atoms with van der Waals surface area (Å²) in [5.74, 6) is 0.668. The van der Waals surface area contributed by atoms with Crippen molar-refractivity contribution in [3.05, 3.63) is 30.6 Å². The molecular formula is C11H11BrN2O. The van der Waals surface area contributed by atoms with Gasteiger partial charge in [0, 0.05) is 5.33 Å². The Labute approximate surface area is 96.6 Å². The van der Waals surface area contributed by atoms with Crippen LogP contribution in [0.3, 0.4) is 0 Å². The van der Waals surface area contributed by atoms with Gasteiger partial charge in [0.05, 0.1) is 17.5 Å². The quantitative estimate of drug-likeness (QED) is 0.631. The van der Waals surface area contributed by atoms with E-state index in [1.54, 1.807) is 0 Å². The average Bonchev–Trinajstić information content (AvgIpc) is 2.30. The number of ether oxygens (including phenoxy) is 1. The van der Waals surface area contributed by atoms with Gasteiger partial charge >= 0.3 is 0 Å². The van der Waals surface area contributed by atoms with Crippen molar-refractivity contribution in [2.75, 3.05) is 11.9 Å². The largest absolute Gasteiger partial charge is 0.477 e. The Morgan fingerprint density at radius 2 is 2.07 bits per heavy atom. The number of hydrogen-bond donors (Lipinski definition) is 0. The molecular weight excluding hydrogens is 256 g/mol. The Hall–Kier alpha value is -1.16. The first-order valence-electron chi connectivity index (χ1n) is 4.80. The molecule has 2 aromatic rings. The third kappa shape index (κ3) is 2.45. The lowest BCUT2D eigenvalue weighted by Crippen LogP contribution is -2.00. The summed E-state index contributed by atoms with van der Waals surface area (Å²) in [4.78, 5) is 8.30. The van der Waals surface area contributed by atoms with Crippen LogP contribution in [0.2, 0.25) is 0 Å². The molecule has 4 heteroatoms. The maximum Gasteiger partial charge on any atom is 0.224 e. The molecule has 0 atom stereocenters. The number of rotatable bonds is 4. The Morgan fingerprint density at radius 3 is 2.93 bits per heavy atom. The summed E-state index contributed by atoms with van der Waals surface area (Å²) in [5.41, 5.74) is 0.918. The molecule has 0 N–H and O–H groups in total. The third-order valence-corrected chi connectivity index (χ3v) is 2.58. The lowest BCUT2D eigenvalue weighted by molar-refractivity contribution is 0.310. The second kappa shape index (κ2) is 5.07. The fourth-order valence-corrected chi connectivity index (χ4v) is 1.55. The van der Waals surface area contributed by atoms with Crippen LogP contribution in [0.5, 0.6) is 5.88 Å². The van der Waals surface area contributed by atoms with E-state index in [2.05, 4.69) is 25.9 Å². The standard InChI is InChI=1S/C11H11BrN2O/c12-6-3-7-15-11-9-4-1-2-5-10(9)13-8-14-11/h1-2,4-5,8H,3,6-7H2. The molecule has 1 aromatic carbocycles. The van der Waals surface area contributed by atoms with Crippen molar-refractivity contribution in [1.82, 2.24) is 9.97 Å². The minimum absolute atomic E-state index is 0.668. The van der Waals surface area contributed by atoms with E-state index in [0.29, 0.717) is 12.5 Å². The van der Waals surface area contributed by atoms with E-state index in [9.17, 15) is 0 Å². The molecule has 0 saturated carbocycles. The van der Waals surface area contributed by atoms with Crippen LogP contribution in [0.15, 0.2) is 30.6 Å². The van der Waals surface area contributed by atoms with Crippen molar-refractivity contribution in [2.24, 2.45) is 0 Å². The fraction of sp³-hybridized carbons (Fsp3) is 0.273. The zero-order valence-corrected chi connectivity index (χ0v) is 9.77. The number of aromatic nitrogens is 2. The van der Waals surface area contributed by atoms with Gasteiger partial charge in [-0.25, -0.2) is 9.97 Å². The molecule has 0 aliphatic rings. The van der Waals surface area contributed by atoms with Crippen LogP contribution in [-0.4, -0.2) is 21.9 Å². The summed E-state index contributed by atoms with van der Waals surface area (Å²) < 4.78 is 5.58. The first kappa shape index (κ1) is 10.4. The van der Waals surface area contributed by atoms with E-state index < -0.39 is 0 Å². The van der Waals surface area contributed by atoms with Crippen LogP contribution in [0.25, 0.3) is 10.9 Å². The number of hydrogen-bond acceptors (Lipinski definition) is 3. The molecule has 78 valence electrons. The van der Waals surface area contributed by atoms with Crippen LogP contribution in [0.4, 0.5) is 0 Å². The van der Waals surface area contributed by atoms with E-state index in [1.165, 1.54) is 6.33 Å². The van der Waals surface area contributed by atoms with Gasteiger partial charge in [-0.3, -0.25) is 0 Å². The fourth-order valence-electron chi connectivity index (χ4n) is 1.32. The second-order valence-electron chi connectivity index (χ2n) is 3.09. The van der Waals surface area contributed by atoms with Crippen molar-refractivity contribution in [3.8, 4) is 5.88 Å². The summed E-state index contributed by atoms with van der Waals surface area (Å²) in [6.07, 6.45) is 2.50. The molecule has 0 saturated heterocycles. The zero-order chi connectivity index (χ0) is 10.5. The molecule has 0 spiro atoms. The molecule has 3 nitrogen and oxygen atoms in total. The number of para-hydroxylation sites is 1. The van der Waals surface area contributed by atoms with E-state index in [-0.39, 0.29) is 0 Å². The van der Waals surface area contributed by atoms with Gasteiger partial charge in [0.25, 0.3) is 0 Å². The molecule has 1 aromatic heterocycles. The minimum atomic E-state index is 0.668. The summed E-state index contributed by atoms with van der Waals surface area (Å²) in [7, 11) is 0. The maximum absolute atomic E-state index is 5.58. The molecule has 0 aliphatic carbocycles. The maximum atomic E-state index is 5.58. The number of benzene rings is 1. The van der Waals surface area contributed by atoms with Gasteiger partial charge in [-0.05, 0) is 18.6 Å². The minimum Gasteiger partial charge on any atom is -0.477 e. The SMILES string of the molecule is BrCCCOc1ncnc2ccccc12. The summed E-state index contributed by atoms with van der Waals surface area (Å²) in [6.45, 7) is 0.673. The first-order chi connectivity index (χ1) is 7.42. The van der Waals surface area contributed by atoms with Crippen LogP contribution in [0.1, 0.15) is 6.42 Å². The highest BCUT2D eigenvalue weighted by atomic mass is 79.9. The molecule has 0 bridgehead atoms. The number of halogens is 1. The number of nitrogens with zero attached hydrogens (tertiary/aromatic N) is 2. The lowest BCUT2D eigenvalue weighted by Gasteiger charge is -2.06. The Kier molecular flexibility index (Phi) is 3.50. The topological polar surface area (TPSA) is 35.0 Å². The second-order valence-corrected chi connectivity index (χ2v) is 3.88. The predicted molar refractivity (Wildman–Crippen MR) is 63.4 cm³/mol. The van der Waals surface area contributed by atoms with Crippen molar-refractivity contribution in [3.63, 3.8) is 0 Å². The van der Waals surface area contributed by atoms with Crippen molar-refractivity contribution >= 4 is 26.8 Å². The first-order valence-corrected chi connectivity index (χ1v) is 5.92. The Bertz CT molecular complexity index is 442. The summed E-state index contributed by atoms with van der Waals surface area (Å²) >= 11 is 3.36. The Morgan fingerprint density at radius 1 is 1.20 bits per heavy atom. The van der Waals surface area contributed by atoms with Gasteiger partial charge < -0.3 is 4.74 Å². The molecule has 15 heavy (non-hydrogen) atoms. The molecule has 2 rings (SSSR count). The molecule has 0 amide bonds. The van der Waals surface area contributed by atoms with Crippen LogP contribution < -0.4 is 4.74 Å². The monoisotopic (exact) mass is 266 g/mol. The third-order valence-electron chi connectivity index (χ3n) is 2.02. The normalized spacial score (nSPS) is 10.5. The summed E-state index contributed by atoms with van der Waals surface area (Å²) in [6, 6.07) is 7.84. The van der Waals surface area contributed by atoms with Crippen LogP contribution in [-0.2, 0) is 0 Å². The molecule has 0 radical (unpaired) electrons. The molecule has 0 unspecified atom stereocenters. The van der Waals surface area contributed by atoms with Gasteiger partial charge in [-0.1, -0.05) is 28.1 Å². The molecule has 0 fully saturated rings. The summed E-state index contributed by atoms with van der Waals surface area (Å²) in [5, 5.41) is 1.91. The van der Waals surface area contributed by atoms with Gasteiger partial charge in [-0.2, -0.15) is 0 Å². The van der Waals surface area contributed by atoms with E-state index in [1.807, 2.05) is 24.3 Å². The van der Waals surface area contributed by atoms with Crippen LogP contribution in [0, 0.1) is 0 Å². The predicted octanol–water partition coefficient (Wildman–Crippen LogP) is 2.79. The smallest absolute Gasteiger partial charge is 0.224 e. The molecule has 1 heterocycles. The highest BCUT2D eigenvalue weighted by molar-refractivity contribution is 9.09. The van der Waals surface area contributed by atoms with E-state index in [0.717, 1.165) is 22.7 Å². The number of fused-ring (bicyclic) bond motifs is 1. The van der Waals surface area contributed by atoms with E-state index >= 15 is 0 Å². The van der Waals surface area contributed by atoms with Crippen LogP contribution >= 0.6 is 15.9 Å². The van der Waals surface area contributed by atoms with Crippen molar-refractivity contribution in [2.45, 2.75) is 6.42 Å². The highest BCUT2D eigenvalue weighted by Gasteiger charge is 2.02. The lowest BCUT2D eigenvalue weighted by atomic mass is 10.2. The highest BCUT2D eigenvalue weighted by Crippen LogP contribution is 2.20. The van der Waals surface area contributed by atoms with Gasteiger partial charge in [0.1, 0.15) is 6.33 Å². The van der Waals surface area contributed by atoms with Crippen molar-refractivity contribution < 1.29 is 4.74 Å². The van der Waals surface area contributed by atoms with Gasteiger partial charge in [0.15, 0.2) is 0 Å².